The summed E-state index contributed by atoms with van der Waals surface area (Å²) in [5.74, 6) is 0.532. The number of hydrogen-bond donors (Lipinski definition) is 3. The normalized spacial score (nSPS) is 16.4. The van der Waals surface area contributed by atoms with E-state index in [2.05, 4.69) is 5.32 Å². The van der Waals surface area contributed by atoms with Crippen molar-refractivity contribution in [3.8, 4) is 0 Å². The third-order valence-electron chi connectivity index (χ3n) is 3.71. The van der Waals surface area contributed by atoms with Crippen LogP contribution in [-0.2, 0) is 4.74 Å². The summed E-state index contributed by atoms with van der Waals surface area (Å²) in [6, 6.07) is 3.77. The molecule has 0 saturated heterocycles. The number of aliphatic imine (C=N–C) groups is 1. The predicted molar refractivity (Wildman–Crippen MR) is 92.0 cm³/mol. The Kier molecular flexibility index (Phi) is 4.65. The van der Waals surface area contributed by atoms with Crippen LogP contribution < -0.4 is 11.1 Å². The first-order valence-corrected chi connectivity index (χ1v) is 7.25. The Morgan fingerprint density at radius 1 is 1.23 bits per heavy atom. The number of ether oxygens (including phenoxy) is 1. The summed E-state index contributed by atoms with van der Waals surface area (Å²) >= 11 is 0. The minimum atomic E-state index is 0.343. The van der Waals surface area contributed by atoms with Crippen molar-refractivity contribution < 1.29 is 4.74 Å². The Morgan fingerprint density at radius 3 is 2.59 bits per heavy atom. The summed E-state index contributed by atoms with van der Waals surface area (Å²) in [6.07, 6.45) is 3.52. The van der Waals surface area contributed by atoms with Crippen molar-refractivity contribution in [2.45, 2.75) is 20.8 Å². The predicted octanol–water partition coefficient (Wildman–Crippen LogP) is 3.02. The molecule has 22 heavy (non-hydrogen) atoms. The number of nitrogens with one attached hydrogen (secondary N) is 2. The van der Waals surface area contributed by atoms with Gasteiger partial charge in [0.25, 0.3) is 0 Å². The van der Waals surface area contributed by atoms with Crippen LogP contribution in [0.25, 0.3) is 0 Å². The van der Waals surface area contributed by atoms with Crippen LogP contribution >= 0.6 is 0 Å². The summed E-state index contributed by atoms with van der Waals surface area (Å²) in [6.45, 7) is 6.41. The lowest BCUT2D eigenvalue weighted by Crippen LogP contribution is -2.22. The fraction of sp³-hybridized carbons (Fsp3) is 0.294. The molecule has 1 aliphatic rings. The van der Waals surface area contributed by atoms with Gasteiger partial charge in [-0.3, -0.25) is 5.41 Å². The zero-order valence-electron chi connectivity index (χ0n) is 13.4. The van der Waals surface area contributed by atoms with Crippen LogP contribution in [0.4, 0.5) is 11.4 Å². The van der Waals surface area contributed by atoms with E-state index >= 15 is 0 Å². The summed E-state index contributed by atoms with van der Waals surface area (Å²) < 4.78 is 5.49. The van der Waals surface area contributed by atoms with Crippen molar-refractivity contribution in [2.75, 3.05) is 19.4 Å². The fourth-order valence-corrected chi connectivity index (χ4v) is 2.21. The third-order valence-corrected chi connectivity index (χ3v) is 3.71. The number of benzene rings is 1. The smallest absolute Gasteiger partial charge is 0.146 e. The van der Waals surface area contributed by atoms with Crippen LogP contribution in [-0.4, -0.2) is 25.1 Å². The molecule has 0 atom stereocenters. The van der Waals surface area contributed by atoms with Crippen molar-refractivity contribution in [2.24, 2.45) is 4.99 Å². The summed E-state index contributed by atoms with van der Waals surface area (Å²) in [4.78, 5) is 4.72. The average molecular weight is 298 g/mol. The van der Waals surface area contributed by atoms with E-state index in [1.165, 1.54) is 0 Å². The van der Waals surface area contributed by atoms with Crippen molar-refractivity contribution in [3.05, 3.63) is 46.9 Å². The Labute approximate surface area is 131 Å². The zero-order chi connectivity index (χ0) is 16.3. The van der Waals surface area contributed by atoms with E-state index in [4.69, 9.17) is 20.9 Å². The molecule has 116 valence electrons. The van der Waals surface area contributed by atoms with Gasteiger partial charge in [0, 0.05) is 18.8 Å². The highest BCUT2D eigenvalue weighted by Crippen LogP contribution is 2.27. The van der Waals surface area contributed by atoms with Crippen LogP contribution in [0.5, 0.6) is 0 Å². The van der Waals surface area contributed by atoms with Gasteiger partial charge < -0.3 is 15.8 Å². The monoisotopic (exact) mass is 298 g/mol. The van der Waals surface area contributed by atoms with Crippen LogP contribution in [0.2, 0.25) is 0 Å². The number of hydrogen-bond acceptors (Lipinski definition) is 5. The molecule has 1 aromatic carbocycles. The molecule has 5 heteroatoms. The standard InChI is InChI=1S/C17H22N4O/c1-5-22-17-9-16(15(20-4)8-13(17)19)21-14-7-6-12(18)10(2)11(14)3/h6-9,19-20H,5,18H2,1-4H3/b19-13?,21-16+. The first kappa shape index (κ1) is 15.8. The molecule has 0 unspecified atom stereocenters. The second kappa shape index (κ2) is 6.47. The van der Waals surface area contributed by atoms with E-state index in [1.807, 2.05) is 40.0 Å². The molecular formula is C17H22N4O. The number of anilines is 1. The third kappa shape index (κ3) is 3.03. The molecule has 2 rings (SSSR count). The molecule has 0 spiro atoms. The van der Waals surface area contributed by atoms with E-state index in [0.717, 1.165) is 33.9 Å². The van der Waals surface area contributed by atoms with Crippen LogP contribution in [0, 0.1) is 19.3 Å². The van der Waals surface area contributed by atoms with Gasteiger partial charge in [0.05, 0.1) is 29.4 Å². The molecule has 0 amide bonds. The molecule has 4 N–H and O–H groups in total. The minimum Gasteiger partial charge on any atom is -0.492 e. The maximum absolute atomic E-state index is 7.98. The Morgan fingerprint density at radius 2 is 1.95 bits per heavy atom. The Bertz CT molecular complexity index is 699. The highest BCUT2D eigenvalue weighted by molar-refractivity contribution is 6.22. The number of nitrogens with zero attached hydrogens (tertiary/aromatic N) is 1. The lowest BCUT2D eigenvalue weighted by molar-refractivity contribution is 0.250. The molecule has 0 fully saturated rings. The second-order valence-corrected chi connectivity index (χ2v) is 5.08. The van der Waals surface area contributed by atoms with Crippen molar-refractivity contribution in [1.29, 1.82) is 5.41 Å². The molecule has 1 aliphatic carbocycles. The highest BCUT2D eigenvalue weighted by Gasteiger charge is 2.17. The van der Waals surface area contributed by atoms with Crippen LogP contribution in [0.3, 0.4) is 0 Å². The molecule has 0 aromatic heterocycles. The molecule has 5 nitrogen and oxygen atoms in total. The van der Waals surface area contributed by atoms with Crippen molar-refractivity contribution in [1.82, 2.24) is 5.32 Å². The largest absolute Gasteiger partial charge is 0.492 e. The number of rotatable bonds is 4. The molecule has 0 saturated carbocycles. The van der Waals surface area contributed by atoms with E-state index < -0.39 is 0 Å². The first-order valence-electron chi connectivity index (χ1n) is 7.25. The Hall–Kier alpha value is -2.56. The van der Waals surface area contributed by atoms with Gasteiger partial charge >= 0.3 is 0 Å². The summed E-state index contributed by atoms with van der Waals surface area (Å²) in [5, 5.41) is 11.1. The van der Waals surface area contributed by atoms with Gasteiger partial charge in [0.15, 0.2) is 0 Å². The average Bonchev–Trinajstić information content (AvgIpc) is 2.50. The van der Waals surface area contributed by atoms with E-state index in [1.54, 1.807) is 12.2 Å². The molecule has 0 aliphatic heterocycles. The van der Waals surface area contributed by atoms with E-state index in [0.29, 0.717) is 18.1 Å². The zero-order valence-corrected chi connectivity index (χ0v) is 13.4. The maximum Gasteiger partial charge on any atom is 0.146 e. The Balaban J connectivity index is 2.50. The number of nitrogens with two attached hydrogens (primary N) is 1. The van der Waals surface area contributed by atoms with E-state index in [9.17, 15) is 0 Å². The van der Waals surface area contributed by atoms with Gasteiger partial charge in [-0.15, -0.1) is 0 Å². The van der Waals surface area contributed by atoms with E-state index in [-0.39, 0.29) is 0 Å². The van der Waals surface area contributed by atoms with Crippen LogP contribution in [0.15, 0.2) is 40.7 Å². The fourth-order valence-electron chi connectivity index (χ4n) is 2.21. The van der Waals surface area contributed by atoms with Gasteiger partial charge in [-0.25, -0.2) is 4.99 Å². The lowest BCUT2D eigenvalue weighted by Gasteiger charge is -2.17. The maximum atomic E-state index is 7.98. The minimum absolute atomic E-state index is 0.343. The molecular weight excluding hydrogens is 276 g/mol. The topological polar surface area (TPSA) is 83.5 Å². The van der Waals surface area contributed by atoms with Gasteiger partial charge in [-0.1, -0.05) is 0 Å². The SMILES string of the molecule is CCOC1=C/C(=N\c2ccc(N)c(C)c2C)C(NC)=CC1=N. The first-order chi connectivity index (χ1) is 10.5. The number of allylic oxidation sites excluding steroid dienone is 2. The molecule has 1 aromatic rings. The summed E-state index contributed by atoms with van der Waals surface area (Å²) in [7, 11) is 1.81. The van der Waals surface area contributed by atoms with Crippen molar-refractivity contribution in [3.63, 3.8) is 0 Å². The lowest BCUT2D eigenvalue weighted by atomic mass is 10.0. The molecule has 0 bridgehead atoms. The van der Waals surface area contributed by atoms with Gasteiger partial charge in [0.2, 0.25) is 0 Å². The molecule has 0 heterocycles. The van der Waals surface area contributed by atoms with Gasteiger partial charge in [-0.05, 0) is 50.1 Å². The second-order valence-electron chi connectivity index (χ2n) is 5.08. The quantitative estimate of drug-likeness (QED) is 0.590. The van der Waals surface area contributed by atoms with Gasteiger partial charge in [-0.2, -0.15) is 0 Å². The highest BCUT2D eigenvalue weighted by atomic mass is 16.5. The molecule has 0 radical (unpaired) electrons. The van der Waals surface area contributed by atoms with Crippen molar-refractivity contribution >= 4 is 22.8 Å². The van der Waals surface area contributed by atoms with Gasteiger partial charge in [0.1, 0.15) is 5.76 Å². The summed E-state index contributed by atoms with van der Waals surface area (Å²) in [5.41, 5.74) is 11.5. The van der Waals surface area contributed by atoms with Crippen LogP contribution in [0.1, 0.15) is 18.1 Å². The number of nitrogen functional groups attached to an aromatic ring is 1.